The molecule has 1 saturated heterocycles. The molecule has 6 rings (SSSR count). The van der Waals surface area contributed by atoms with Crippen molar-refractivity contribution in [2.24, 2.45) is 11.3 Å². The predicted molar refractivity (Wildman–Crippen MR) is 148 cm³/mol. The minimum atomic E-state index is -2.85. The molecule has 0 bridgehead atoms. The molecular weight excluding hydrogens is 494 g/mol. The van der Waals surface area contributed by atoms with Gasteiger partial charge in [-0.05, 0) is 15.4 Å². The summed E-state index contributed by atoms with van der Waals surface area (Å²) in [5.74, 6) is -0.0877. The smallest absolute Gasteiger partial charge is 0.318 e. The lowest BCUT2D eigenvalue weighted by Gasteiger charge is -2.44. The van der Waals surface area contributed by atoms with E-state index < -0.39 is 13.7 Å². The largest absolute Gasteiger partial charge is 0.465 e. The summed E-state index contributed by atoms with van der Waals surface area (Å²) in [7, 11) is -2.85. The van der Waals surface area contributed by atoms with Gasteiger partial charge in [0.2, 0.25) is 0 Å². The zero-order chi connectivity index (χ0) is 26.5. The Morgan fingerprint density at radius 1 is 1.05 bits per heavy atom. The van der Waals surface area contributed by atoms with Gasteiger partial charge in [-0.25, -0.2) is 15.0 Å². The number of hydrogen-bond donors (Lipinski definition) is 1. The van der Waals surface area contributed by atoms with Crippen molar-refractivity contribution < 1.29 is 14.0 Å². The number of hydrogen-bond acceptors (Lipinski definition) is 7. The van der Waals surface area contributed by atoms with Crippen LogP contribution in [0.2, 0.25) is 5.04 Å². The first-order valence-electron chi connectivity index (χ1n) is 12.8. The van der Waals surface area contributed by atoms with Gasteiger partial charge >= 0.3 is 5.97 Å². The van der Waals surface area contributed by atoms with Crippen LogP contribution in [-0.2, 0) is 14.0 Å². The average molecular weight is 526 g/mol. The van der Waals surface area contributed by atoms with Crippen LogP contribution in [-0.4, -0.2) is 47.0 Å². The molecule has 2 aromatic heterocycles. The van der Waals surface area contributed by atoms with Gasteiger partial charge in [-0.1, -0.05) is 93.6 Å². The number of esters is 1. The summed E-state index contributed by atoms with van der Waals surface area (Å²) in [4.78, 5) is 26.4. The lowest BCUT2D eigenvalue weighted by molar-refractivity contribution is -0.145. The third-order valence-electron chi connectivity index (χ3n) is 8.09. The van der Waals surface area contributed by atoms with Crippen molar-refractivity contribution in [1.29, 1.82) is 0 Å². The number of allylic oxidation sites excluding steroid dienone is 1. The summed E-state index contributed by atoms with van der Waals surface area (Å²) in [6.45, 7) is 7.21. The van der Waals surface area contributed by atoms with Crippen LogP contribution in [0.4, 0.5) is 5.82 Å². The highest BCUT2D eigenvalue weighted by molar-refractivity contribution is 6.99. The first-order valence-corrected chi connectivity index (χ1v) is 14.7. The molecule has 1 fully saturated rings. The zero-order valence-corrected chi connectivity index (χ0v) is 22.7. The van der Waals surface area contributed by atoms with Crippen LogP contribution in [0.5, 0.6) is 0 Å². The molecule has 8 nitrogen and oxygen atoms in total. The van der Waals surface area contributed by atoms with E-state index in [1.807, 2.05) is 22.8 Å². The molecule has 0 radical (unpaired) electrons. The number of carbonyl (C=O) groups is 1. The lowest BCUT2D eigenvalue weighted by Crippen LogP contribution is -2.67. The summed E-state index contributed by atoms with van der Waals surface area (Å²) < 4.78 is 14.9. The fourth-order valence-corrected chi connectivity index (χ4v) is 10.8. The quantitative estimate of drug-likeness (QED) is 0.234. The molecule has 3 atom stereocenters. The fraction of sp³-hybridized carbons (Fsp3) is 0.310. The van der Waals surface area contributed by atoms with Gasteiger partial charge in [0, 0.05) is 5.92 Å². The van der Waals surface area contributed by atoms with Crippen molar-refractivity contribution in [2.45, 2.75) is 31.9 Å². The molecule has 3 heterocycles. The average Bonchev–Trinajstić information content (AvgIpc) is 3.59. The molecule has 1 aliphatic carbocycles. The maximum absolute atomic E-state index is 13.4. The highest BCUT2D eigenvalue weighted by Gasteiger charge is 2.60. The number of nitrogens with two attached hydrogens (primary N) is 1. The predicted octanol–water partition coefficient (Wildman–Crippen LogP) is 3.26. The van der Waals surface area contributed by atoms with E-state index in [0.717, 1.165) is 0 Å². The van der Waals surface area contributed by atoms with Crippen LogP contribution in [0.25, 0.3) is 11.2 Å². The van der Waals surface area contributed by atoms with Gasteiger partial charge in [0.1, 0.15) is 17.3 Å². The minimum Gasteiger partial charge on any atom is -0.465 e. The van der Waals surface area contributed by atoms with E-state index in [1.54, 1.807) is 6.33 Å². The molecular formula is C29H31N5O3Si. The Morgan fingerprint density at radius 2 is 1.71 bits per heavy atom. The number of imidazole rings is 1. The zero-order valence-electron chi connectivity index (χ0n) is 21.7. The molecule has 0 amide bonds. The van der Waals surface area contributed by atoms with Gasteiger partial charge in [-0.15, -0.1) is 0 Å². The van der Waals surface area contributed by atoms with Crippen molar-refractivity contribution in [3.63, 3.8) is 0 Å². The third-order valence-corrected chi connectivity index (χ3v) is 13.1. The highest BCUT2D eigenvalue weighted by atomic mass is 28.4. The molecule has 0 unspecified atom stereocenters. The normalized spacial score (nSPS) is 23.1. The van der Waals surface area contributed by atoms with Gasteiger partial charge in [0.25, 0.3) is 8.32 Å². The van der Waals surface area contributed by atoms with E-state index in [4.69, 9.17) is 14.9 Å². The molecule has 4 aromatic rings. The van der Waals surface area contributed by atoms with Gasteiger partial charge in [-0.2, -0.15) is 0 Å². The second-order valence-electron chi connectivity index (χ2n) is 11.1. The van der Waals surface area contributed by atoms with Gasteiger partial charge in [0.05, 0.1) is 25.6 Å². The minimum absolute atomic E-state index is 0.165. The number of anilines is 1. The molecule has 194 valence electrons. The van der Waals surface area contributed by atoms with Crippen LogP contribution in [0.3, 0.4) is 0 Å². The highest BCUT2D eigenvalue weighted by Crippen LogP contribution is 2.51. The number of nitrogens with zero attached hydrogens (tertiary/aromatic N) is 4. The standard InChI is InChI=1S/C29H31N5O3Si/c1-28(2,3)38(20-10-6-4-7-11-20,21-12-8-5-9-13-21)37-17-29-15-14-23(22(29)16-36-27(29)35)34-19-33-24-25(30)31-18-32-26(24)34/h4-15,18-19,22-23H,16-17H2,1-3H3,(H2,30,31,32)/t22-,23+,29-/m0/s1. The van der Waals surface area contributed by atoms with Crippen LogP contribution < -0.4 is 16.1 Å². The van der Waals surface area contributed by atoms with Crippen molar-refractivity contribution in [2.75, 3.05) is 18.9 Å². The first kappa shape index (κ1) is 24.5. The van der Waals surface area contributed by atoms with E-state index >= 15 is 0 Å². The molecule has 2 aliphatic rings. The van der Waals surface area contributed by atoms with Crippen LogP contribution >= 0.6 is 0 Å². The SMILES string of the molecule is CC(C)(C)[Si](OC[C@@]12C=C[C@@H](n3cnc4c(N)ncnc43)[C@@H]1COC2=O)(c1ccccc1)c1ccccc1. The maximum atomic E-state index is 13.4. The van der Waals surface area contributed by atoms with Gasteiger partial charge < -0.3 is 19.5 Å². The third kappa shape index (κ3) is 3.53. The molecule has 0 saturated carbocycles. The Hall–Kier alpha value is -3.82. The second-order valence-corrected chi connectivity index (χ2v) is 15.4. The maximum Gasteiger partial charge on any atom is 0.318 e. The lowest BCUT2D eigenvalue weighted by atomic mass is 9.80. The Labute approximate surface area is 222 Å². The summed E-state index contributed by atoms with van der Waals surface area (Å²) in [6.07, 6.45) is 7.18. The van der Waals surface area contributed by atoms with E-state index in [1.165, 1.54) is 16.7 Å². The summed E-state index contributed by atoms with van der Waals surface area (Å²) >= 11 is 0. The summed E-state index contributed by atoms with van der Waals surface area (Å²) in [5.41, 5.74) is 6.30. The molecule has 2 aromatic carbocycles. The van der Waals surface area contributed by atoms with Crippen molar-refractivity contribution in [1.82, 2.24) is 19.5 Å². The molecule has 1 aliphatic heterocycles. The second kappa shape index (κ2) is 8.89. The number of ether oxygens (including phenoxy) is 1. The Balaban J connectivity index is 1.41. The number of nitrogen functional groups attached to an aromatic ring is 1. The van der Waals surface area contributed by atoms with E-state index in [2.05, 4.69) is 90.3 Å². The molecule has 9 heteroatoms. The topological polar surface area (TPSA) is 105 Å². The number of aromatic nitrogens is 4. The number of benzene rings is 2. The first-order chi connectivity index (χ1) is 18.3. The molecule has 0 spiro atoms. The summed E-state index contributed by atoms with van der Waals surface area (Å²) in [5, 5.41) is 2.13. The monoisotopic (exact) mass is 525 g/mol. The number of cyclic esters (lactones) is 1. The van der Waals surface area contributed by atoms with E-state index in [9.17, 15) is 4.79 Å². The molecule has 2 N–H and O–H groups in total. The van der Waals surface area contributed by atoms with Gasteiger partial charge in [0.15, 0.2) is 11.5 Å². The summed E-state index contributed by atoms with van der Waals surface area (Å²) in [6, 6.07) is 20.7. The Morgan fingerprint density at radius 3 is 2.34 bits per heavy atom. The van der Waals surface area contributed by atoms with Crippen molar-refractivity contribution in [3.8, 4) is 0 Å². The fourth-order valence-electron chi connectivity index (χ4n) is 6.18. The Bertz CT molecular complexity index is 1480. The van der Waals surface area contributed by atoms with Crippen molar-refractivity contribution in [3.05, 3.63) is 85.5 Å². The van der Waals surface area contributed by atoms with E-state index in [-0.39, 0.29) is 29.6 Å². The van der Waals surface area contributed by atoms with Gasteiger partial charge in [-0.3, -0.25) is 4.79 Å². The number of carbonyl (C=O) groups excluding carboxylic acids is 1. The number of fused-ring (bicyclic) bond motifs is 2. The van der Waals surface area contributed by atoms with Crippen LogP contribution in [0.1, 0.15) is 26.8 Å². The van der Waals surface area contributed by atoms with Crippen molar-refractivity contribution >= 4 is 41.6 Å². The van der Waals surface area contributed by atoms with Crippen LogP contribution in [0, 0.1) is 11.3 Å². The number of rotatable bonds is 6. The van der Waals surface area contributed by atoms with Crippen LogP contribution in [0.15, 0.2) is 85.5 Å². The Kier molecular flexibility index (Phi) is 5.73. The molecule has 38 heavy (non-hydrogen) atoms. The van der Waals surface area contributed by atoms with E-state index in [0.29, 0.717) is 23.6 Å².